The minimum Gasteiger partial charge on any atom is -0.388 e. The largest absolute Gasteiger partial charge is 0.388 e. The van der Waals surface area contributed by atoms with Crippen LogP contribution in [-0.4, -0.2) is 13.0 Å². The van der Waals surface area contributed by atoms with Gasteiger partial charge in [-0.1, -0.05) is 0 Å². The number of anilines is 1. The molecule has 0 aromatic heterocycles. The molecular formula is C8H9BrN2O. The van der Waals surface area contributed by atoms with Crippen molar-refractivity contribution in [3.05, 3.63) is 28.2 Å². The average Bonchev–Trinajstić information content (AvgIpc) is 2.05. The number of primary amides is 1. The average molecular weight is 229 g/mol. The Hall–Kier alpha value is -1.03. The van der Waals surface area contributed by atoms with Crippen LogP contribution in [0.4, 0.5) is 5.69 Å². The van der Waals surface area contributed by atoms with Gasteiger partial charge < -0.3 is 11.1 Å². The number of benzene rings is 1. The molecule has 0 radical (unpaired) electrons. The molecule has 0 atom stereocenters. The molecule has 1 rings (SSSR count). The third-order valence-corrected chi connectivity index (χ3v) is 2.21. The first kappa shape index (κ1) is 9.06. The van der Waals surface area contributed by atoms with Gasteiger partial charge in [0.05, 0.1) is 5.56 Å². The summed E-state index contributed by atoms with van der Waals surface area (Å²) in [5.74, 6) is -0.432. The van der Waals surface area contributed by atoms with Crippen molar-refractivity contribution < 1.29 is 4.79 Å². The third kappa shape index (κ3) is 1.76. The Labute approximate surface area is 79.1 Å². The molecule has 4 heteroatoms. The summed E-state index contributed by atoms with van der Waals surface area (Å²) >= 11 is 3.23. The summed E-state index contributed by atoms with van der Waals surface area (Å²) in [5.41, 5.74) is 6.50. The number of rotatable bonds is 2. The minimum atomic E-state index is -0.432. The van der Waals surface area contributed by atoms with Crippen LogP contribution in [0.15, 0.2) is 22.7 Å². The summed E-state index contributed by atoms with van der Waals surface area (Å²) in [6, 6.07) is 5.34. The zero-order chi connectivity index (χ0) is 9.14. The minimum absolute atomic E-state index is 0.432. The van der Waals surface area contributed by atoms with Crippen LogP contribution in [0.5, 0.6) is 0 Å². The Morgan fingerprint density at radius 2 is 2.25 bits per heavy atom. The second-order valence-corrected chi connectivity index (χ2v) is 3.16. The fraction of sp³-hybridized carbons (Fsp3) is 0.125. The number of hydrogen-bond acceptors (Lipinski definition) is 2. The van der Waals surface area contributed by atoms with Crippen LogP contribution in [0.2, 0.25) is 0 Å². The van der Waals surface area contributed by atoms with E-state index in [2.05, 4.69) is 21.2 Å². The van der Waals surface area contributed by atoms with Crippen molar-refractivity contribution in [2.45, 2.75) is 0 Å². The van der Waals surface area contributed by atoms with Crippen LogP contribution in [-0.2, 0) is 0 Å². The molecule has 1 amide bonds. The number of hydrogen-bond donors (Lipinski definition) is 2. The molecule has 0 aliphatic rings. The van der Waals surface area contributed by atoms with E-state index in [-0.39, 0.29) is 0 Å². The highest BCUT2D eigenvalue weighted by atomic mass is 79.9. The van der Waals surface area contributed by atoms with Crippen LogP contribution >= 0.6 is 15.9 Å². The molecule has 0 spiro atoms. The molecule has 0 aliphatic carbocycles. The highest BCUT2D eigenvalue weighted by Gasteiger charge is 2.05. The summed E-state index contributed by atoms with van der Waals surface area (Å²) in [4.78, 5) is 10.9. The van der Waals surface area contributed by atoms with Crippen LogP contribution in [0, 0.1) is 0 Å². The number of carbonyl (C=O) groups excluding carboxylic acids is 1. The first-order valence-corrected chi connectivity index (χ1v) is 4.21. The molecule has 0 unspecified atom stereocenters. The normalized spacial score (nSPS) is 9.50. The number of amides is 1. The standard InChI is InChI=1S/C8H9BrN2O/c1-11-5-2-3-7(9)6(4-5)8(10)12/h2-4,11H,1H3,(H2,10,12). The molecule has 12 heavy (non-hydrogen) atoms. The molecule has 1 aromatic rings. The lowest BCUT2D eigenvalue weighted by Crippen LogP contribution is -2.11. The molecule has 0 fully saturated rings. The van der Waals surface area contributed by atoms with E-state index in [1.807, 2.05) is 6.07 Å². The zero-order valence-electron chi connectivity index (χ0n) is 6.60. The van der Waals surface area contributed by atoms with Crippen molar-refractivity contribution in [3.63, 3.8) is 0 Å². The van der Waals surface area contributed by atoms with E-state index in [0.717, 1.165) is 5.69 Å². The van der Waals surface area contributed by atoms with E-state index in [9.17, 15) is 4.79 Å². The van der Waals surface area contributed by atoms with Crippen molar-refractivity contribution in [3.8, 4) is 0 Å². The van der Waals surface area contributed by atoms with Gasteiger partial charge in [-0.15, -0.1) is 0 Å². The molecule has 0 bridgehead atoms. The smallest absolute Gasteiger partial charge is 0.249 e. The van der Waals surface area contributed by atoms with Gasteiger partial charge in [0.25, 0.3) is 0 Å². The lowest BCUT2D eigenvalue weighted by molar-refractivity contribution is 0.0999. The highest BCUT2D eigenvalue weighted by Crippen LogP contribution is 2.20. The van der Waals surface area contributed by atoms with Gasteiger partial charge in [-0.2, -0.15) is 0 Å². The summed E-state index contributed by atoms with van der Waals surface area (Å²) in [6.07, 6.45) is 0. The van der Waals surface area contributed by atoms with Crippen molar-refractivity contribution in [2.24, 2.45) is 5.73 Å². The van der Waals surface area contributed by atoms with Gasteiger partial charge in [0, 0.05) is 17.2 Å². The maximum absolute atomic E-state index is 10.9. The molecule has 0 saturated carbocycles. The quantitative estimate of drug-likeness (QED) is 0.808. The Morgan fingerprint density at radius 1 is 1.58 bits per heavy atom. The van der Waals surface area contributed by atoms with E-state index >= 15 is 0 Å². The van der Waals surface area contributed by atoms with Gasteiger partial charge in [0.15, 0.2) is 0 Å². The number of nitrogens with one attached hydrogen (secondary N) is 1. The van der Waals surface area contributed by atoms with E-state index in [0.29, 0.717) is 10.0 Å². The molecule has 3 N–H and O–H groups in total. The van der Waals surface area contributed by atoms with E-state index in [1.54, 1.807) is 19.2 Å². The summed E-state index contributed by atoms with van der Waals surface area (Å²) in [7, 11) is 1.79. The molecule has 64 valence electrons. The van der Waals surface area contributed by atoms with Crippen LogP contribution in [0.1, 0.15) is 10.4 Å². The molecule has 0 aliphatic heterocycles. The number of nitrogens with two attached hydrogens (primary N) is 1. The van der Waals surface area contributed by atoms with Gasteiger partial charge in [-0.3, -0.25) is 4.79 Å². The maximum atomic E-state index is 10.9. The summed E-state index contributed by atoms with van der Waals surface area (Å²) < 4.78 is 0.717. The molecule has 0 saturated heterocycles. The summed E-state index contributed by atoms with van der Waals surface area (Å²) in [5, 5.41) is 2.92. The predicted molar refractivity (Wildman–Crippen MR) is 52.2 cm³/mol. The Morgan fingerprint density at radius 3 is 2.75 bits per heavy atom. The van der Waals surface area contributed by atoms with Gasteiger partial charge in [-0.05, 0) is 34.1 Å². The van der Waals surface area contributed by atoms with Crippen molar-refractivity contribution in [1.29, 1.82) is 0 Å². The monoisotopic (exact) mass is 228 g/mol. The Bertz CT molecular complexity index is 312. The van der Waals surface area contributed by atoms with Gasteiger partial charge in [0.1, 0.15) is 0 Å². The van der Waals surface area contributed by atoms with Crippen LogP contribution in [0.3, 0.4) is 0 Å². The van der Waals surface area contributed by atoms with Crippen molar-refractivity contribution >= 4 is 27.5 Å². The van der Waals surface area contributed by atoms with E-state index < -0.39 is 5.91 Å². The zero-order valence-corrected chi connectivity index (χ0v) is 8.18. The Kier molecular flexibility index (Phi) is 2.70. The van der Waals surface area contributed by atoms with E-state index in [1.165, 1.54) is 0 Å². The third-order valence-electron chi connectivity index (χ3n) is 1.52. The first-order chi connectivity index (χ1) is 5.65. The van der Waals surface area contributed by atoms with Crippen LogP contribution < -0.4 is 11.1 Å². The fourth-order valence-electron chi connectivity index (χ4n) is 0.870. The first-order valence-electron chi connectivity index (χ1n) is 3.42. The SMILES string of the molecule is CNc1ccc(Br)c(C(N)=O)c1. The highest BCUT2D eigenvalue weighted by molar-refractivity contribution is 9.10. The summed E-state index contributed by atoms with van der Waals surface area (Å²) in [6.45, 7) is 0. The van der Waals surface area contributed by atoms with Gasteiger partial charge >= 0.3 is 0 Å². The molecule has 3 nitrogen and oxygen atoms in total. The lowest BCUT2D eigenvalue weighted by Gasteiger charge is -2.03. The molecule has 0 heterocycles. The van der Waals surface area contributed by atoms with Crippen molar-refractivity contribution in [1.82, 2.24) is 0 Å². The van der Waals surface area contributed by atoms with Crippen LogP contribution in [0.25, 0.3) is 0 Å². The van der Waals surface area contributed by atoms with E-state index in [4.69, 9.17) is 5.73 Å². The van der Waals surface area contributed by atoms with Gasteiger partial charge in [-0.25, -0.2) is 0 Å². The molecule has 1 aromatic carbocycles. The number of carbonyl (C=O) groups is 1. The van der Waals surface area contributed by atoms with Gasteiger partial charge in [0.2, 0.25) is 5.91 Å². The Balaban J connectivity index is 3.17. The topological polar surface area (TPSA) is 55.1 Å². The molecular weight excluding hydrogens is 220 g/mol. The fourth-order valence-corrected chi connectivity index (χ4v) is 1.31. The predicted octanol–water partition coefficient (Wildman–Crippen LogP) is 1.59. The lowest BCUT2D eigenvalue weighted by atomic mass is 10.2. The van der Waals surface area contributed by atoms with Crippen molar-refractivity contribution in [2.75, 3.05) is 12.4 Å². The maximum Gasteiger partial charge on any atom is 0.249 e. The second-order valence-electron chi connectivity index (χ2n) is 2.31. The second kappa shape index (κ2) is 3.58. The number of halogens is 1.